The van der Waals surface area contributed by atoms with Crippen LogP contribution in [-0.4, -0.2) is 6.10 Å². The van der Waals surface area contributed by atoms with Gasteiger partial charge in [-0.3, -0.25) is 0 Å². The van der Waals surface area contributed by atoms with E-state index in [2.05, 4.69) is 113 Å². The summed E-state index contributed by atoms with van der Waals surface area (Å²) in [5.41, 5.74) is 16.5. The first-order chi connectivity index (χ1) is 15.4. The summed E-state index contributed by atoms with van der Waals surface area (Å²) in [4.78, 5) is 0. The van der Waals surface area contributed by atoms with Crippen molar-refractivity contribution in [3.63, 3.8) is 0 Å². The molecule has 0 N–H and O–H groups in total. The molecule has 3 aromatic carbocycles. The Hall–Kier alpha value is -2.80. The van der Waals surface area contributed by atoms with E-state index in [1.807, 2.05) is 0 Å². The van der Waals surface area contributed by atoms with Crippen LogP contribution in [0.5, 0.6) is 0 Å². The Balaban J connectivity index is 2.61. The number of hydrogen-bond donors (Lipinski definition) is 0. The van der Waals surface area contributed by atoms with Crippen molar-refractivity contribution in [2.45, 2.75) is 82.3 Å². The Morgan fingerprint density at radius 2 is 0.758 bits per heavy atom. The van der Waals surface area contributed by atoms with Gasteiger partial charge in [0, 0.05) is 11.1 Å². The van der Waals surface area contributed by atoms with Gasteiger partial charge < -0.3 is 4.74 Å². The lowest BCUT2D eigenvalue weighted by molar-refractivity contribution is 0.205. The average molecular weight is 441 g/mol. The third-order valence-corrected chi connectivity index (χ3v) is 6.34. The fourth-order valence-electron chi connectivity index (χ4n) is 5.52. The van der Waals surface area contributed by atoms with Gasteiger partial charge in [-0.25, -0.2) is 0 Å². The van der Waals surface area contributed by atoms with Crippen LogP contribution in [0, 0.1) is 62.3 Å². The van der Waals surface area contributed by atoms with Crippen LogP contribution in [0.1, 0.15) is 80.6 Å². The van der Waals surface area contributed by atoms with Crippen molar-refractivity contribution in [3.05, 3.63) is 103 Å². The summed E-state index contributed by atoms with van der Waals surface area (Å²) in [5, 5.41) is 0. The fraction of sp³-hybridized carbons (Fsp3) is 0.375. The molecule has 33 heavy (non-hydrogen) atoms. The summed E-state index contributed by atoms with van der Waals surface area (Å²) < 4.78 is 6.77. The standard InChI is InChI=1S/C32H40O/c1-18(2)33-32(30-26(10)16-21(5)17-27(30)11)31(28-22(6)12-19(3)13-23(28)7)29-24(8)14-20(4)15-25(29)9/h12-18H,1-11H3. The van der Waals surface area contributed by atoms with Gasteiger partial charge in [-0.15, -0.1) is 0 Å². The van der Waals surface area contributed by atoms with E-state index in [0.717, 1.165) is 5.76 Å². The molecule has 0 heterocycles. The lowest BCUT2D eigenvalue weighted by Gasteiger charge is -2.27. The molecule has 0 fully saturated rings. The third-order valence-electron chi connectivity index (χ3n) is 6.34. The summed E-state index contributed by atoms with van der Waals surface area (Å²) >= 11 is 0. The Morgan fingerprint density at radius 3 is 1.03 bits per heavy atom. The zero-order valence-electron chi connectivity index (χ0n) is 22.4. The number of rotatable bonds is 5. The van der Waals surface area contributed by atoms with Crippen molar-refractivity contribution in [1.82, 2.24) is 0 Å². The predicted molar refractivity (Wildman–Crippen MR) is 144 cm³/mol. The average Bonchev–Trinajstić information content (AvgIpc) is 2.63. The minimum atomic E-state index is 0.0622. The molecular formula is C32H40O. The van der Waals surface area contributed by atoms with Gasteiger partial charge in [0.05, 0.1) is 6.10 Å². The van der Waals surface area contributed by atoms with Gasteiger partial charge >= 0.3 is 0 Å². The molecule has 174 valence electrons. The van der Waals surface area contributed by atoms with Crippen LogP contribution in [0.25, 0.3) is 11.3 Å². The van der Waals surface area contributed by atoms with Crippen LogP contribution < -0.4 is 0 Å². The lowest BCUT2D eigenvalue weighted by atomic mass is 9.82. The van der Waals surface area contributed by atoms with Crippen LogP contribution in [0.4, 0.5) is 0 Å². The molecule has 0 aliphatic rings. The summed E-state index contributed by atoms with van der Waals surface area (Å²) in [6, 6.07) is 13.7. The quantitative estimate of drug-likeness (QED) is 0.284. The summed E-state index contributed by atoms with van der Waals surface area (Å²) in [6.45, 7) is 24.1. The second-order valence-corrected chi connectivity index (χ2v) is 10.2. The van der Waals surface area contributed by atoms with Crippen molar-refractivity contribution < 1.29 is 4.74 Å². The molecule has 1 heteroatoms. The molecule has 0 saturated carbocycles. The van der Waals surface area contributed by atoms with E-state index in [4.69, 9.17) is 4.74 Å². The minimum Gasteiger partial charge on any atom is -0.490 e. The monoisotopic (exact) mass is 440 g/mol. The molecule has 0 amide bonds. The van der Waals surface area contributed by atoms with Crippen molar-refractivity contribution in [2.24, 2.45) is 0 Å². The number of hydrogen-bond acceptors (Lipinski definition) is 1. The summed E-state index contributed by atoms with van der Waals surface area (Å²) in [6.07, 6.45) is 0.0622. The molecule has 0 unspecified atom stereocenters. The minimum absolute atomic E-state index is 0.0622. The molecule has 0 aromatic heterocycles. The maximum Gasteiger partial charge on any atom is 0.135 e. The second kappa shape index (κ2) is 9.59. The Labute approximate surface area is 201 Å². The van der Waals surface area contributed by atoms with E-state index in [-0.39, 0.29) is 6.10 Å². The molecule has 3 aromatic rings. The number of ether oxygens (including phenoxy) is 1. The van der Waals surface area contributed by atoms with E-state index in [9.17, 15) is 0 Å². The van der Waals surface area contributed by atoms with Gasteiger partial charge in [0.1, 0.15) is 5.76 Å². The zero-order valence-corrected chi connectivity index (χ0v) is 22.4. The maximum absolute atomic E-state index is 6.77. The third kappa shape index (κ3) is 5.08. The van der Waals surface area contributed by atoms with E-state index in [0.29, 0.717) is 0 Å². The van der Waals surface area contributed by atoms with Gasteiger partial charge in [0.15, 0.2) is 0 Å². The van der Waals surface area contributed by atoms with Crippen LogP contribution >= 0.6 is 0 Å². The van der Waals surface area contributed by atoms with Crippen LogP contribution in [0.2, 0.25) is 0 Å². The SMILES string of the molecule is Cc1cc(C)c(C(OC(C)C)=C(c2c(C)cc(C)cc2C)c2c(C)cc(C)cc2C)c(C)c1. The van der Waals surface area contributed by atoms with Crippen LogP contribution in [0.15, 0.2) is 36.4 Å². The fourth-order valence-corrected chi connectivity index (χ4v) is 5.52. The molecular weight excluding hydrogens is 400 g/mol. The van der Waals surface area contributed by atoms with Crippen molar-refractivity contribution in [2.75, 3.05) is 0 Å². The van der Waals surface area contributed by atoms with E-state index < -0.39 is 0 Å². The second-order valence-electron chi connectivity index (χ2n) is 10.2. The normalized spacial score (nSPS) is 11.2. The topological polar surface area (TPSA) is 9.23 Å². The first kappa shape index (κ1) is 24.8. The van der Waals surface area contributed by atoms with Crippen LogP contribution in [0.3, 0.4) is 0 Å². The maximum atomic E-state index is 6.77. The highest BCUT2D eigenvalue weighted by Crippen LogP contribution is 2.42. The van der Waals surface area contributed by atoms with E-state index in [1.54, 1.807) is 0 Å². The van der Waals surface area contributed by atoms with Gasteiger partial charge in [-0.05, 0) is 121 Å². The van der Waals surface area contributed by atoms with Gasteiger partial charge in [0.2, 0.25) is 0 Å². The molecule has 0 radical (unpaired) electrons. The molecule has 0 aliphatic carbocycles. The summed E-state index contributed by atoms with van der Waals surface area (Å²) in [5.74, 6) is 0.991. The number of benzene rings is 3. The van der Waals surface area contributed by atoms with Crippen LogP contribution in [-0.2, 0) is 4.74 Å². The number of aryl methyl sites for hydroxylation is 9. The molecule has 3 rings (SSSR count). The molecule has 1 nitrogen and oxygen atoms in total. The lowest BCUT2D eigenvalue weighted by Crippen LogP contribution is -2.11. The Kier molecular flexibility index (Phi) is 7.22. The smallest absolute Gasteiger partial charge is 0.135 e. The van der Waals surface area contributed by atoms with Crippen molar-refractivity contribution >= 4 is 11.3 Å². The Bertz CT molecular complexity index is 1110. The van der Waals surface area contributed by atoms with E-state index in [1.165, 1.54) is 72.3 Å². The highest BCUT2D eigenvalue weighted by molar-refractivity contribution is 6.00. The van der Waals surface area contributed by atoms with Gasteiger partial charge in [-0.2, -0.15) is 0 Å². The van der Waals surface area contributed by atoms with Gasteiger partial charge in [-0.1, -0.05) is 53.1 Å². The predicted octanol–water partition coefficient (Wildman–Crippen LogP) is 8.80. The molecule has 0 bridgehead atoms. The first-order valence-electron chi connectivity index (χ1n) is 12.1. The first-order valence-corrected chi connectivity index (χ1v) is 12.1. The molecule has 0 saturated heterocycles. The molecule has 0 atom stereocenters. The van der Waals surface area contributed by atoms with Gasteiger partial charge in [0.25, 0.3) is 0 Å². The van der Waals surface area contributed by atoms with Crippen molar-refractivity contribution in [1.29, 1.82) is 0 Å². The highest BCUT2D eigenvalue weighted by atomic mass is 16.5. The van der Waals surface area contributed by atoms with E-state index >= 15 is 0 Å². The molecule has 0 aliphatic heterocycles. The molecule has 0 spiro atoms. The van der Waals surface area contributed by atoms with Crippen molar-refractivity contribution in [3.8, 4) is 0 Å². The zero-order chi connectivity index (χ0) is 24.6. The Morgan fingerprint density at radius 1 is 0.485 bits per heavy atom. The highest BCUT2D eigenvalue weighted by Gasteiger charge is 2.25. The largest absolute Gasteiger partial charge is 0.490 e. The summed E-state index contributed by atoms with van der Waals surface area (Å²) in [7, 11) is 0.